The van der Waals surface area contributed by atoms with Gasteiger partial charge < -0.3 is 19.7 Å². The third-order valence-corrected chi connectivity index (χ3v) is 5.99. The Bertz CT molecular complexity index is 1090. The minimum absolute atomic E-state index is 0.00791. The highest BCUT2D eigenvalue weighted by molar-refractivity contribution is 6.05. The van der Waals surface area contributed by atoms with Crippen LogP contribution in [-0.2, 0) is 9.59 Å². The monoisotopic (exact) mass is 485 g/mol. The Morgan fingerprint density at radius 3 is 2.66 bits per heavy atom. The molecule has 0 saturated heterocycles. The Morgan fingerprint density at radius 1 is 1.20 bits per heavy atom. The molecule has 1 aliphatic rings. The molecule has 0 unspecified atom stereocenters. The van der Waals surface area contributed by atoms with Crippen LogP contribution < -0.4 is 19.7 Å². The lowest BCUT2D eigenvalue weighted by Crippen LogP contribution is -2.52. The third-order valence-electron chi connectivity index (χ3n) is 5.99. The molecule has 9 heteroatoms. The Kier molecular flexibility index (Phi) is 8.81. The minimum atomic E-state index is -0.801. The van der Waals surface area contributed by atoms with Crippen molar-refractivity contribution in [3.05, 3.63) is 53.3 Å². The largest absolute Gasteiger partial charge is 0.482 e. The van der Waals surface area contributed by atoms with Crippen molar-refractivity contribution in [3.8, 4) is 11.5 Å². The van der Waals surface area contributed by atoms with Crippen LogP contribution in [0.2, 0.25) is 0 Å². The number of nitrogens with one attached hydrogen (secondary N) is 1. The van der Waals surface area contributed by atoms with Crippen LogP contribution in [0.5, 0.6) is 11.5 Å². The van der Waals surface area contributed by atoms with Crippen LogP contribution in [0, 0.1) is 12.7 Å². The standard InChI is InChI=1S/C26H32FN3O5/c1-5-29(6-2)12-11-28-26(33)18(4)30-21-14-19(8-10-23(21)35-16-25(30)32)22(31)15-34-24-13-17(3)7-9-20(24)27/h7-10,13-14,18H,5-6,11-12,15-16H2,1-4H3,(H,28,33)/t18-/m1/s1. The van der Waals surface area contributed by atoms with Gasteiger partial charge in [0.05, 0.1) is 5.69 Å². The number of fused-ring (bicyclic) bond motifs is 1. The fraction of sp³-hybridized carbons (Fsp3) is 0.423. The van der Waals surface area contributed by atoms with Crippen LogP contribution in [0.15, 0.2) is 36.4 Å². The molecule has 8 nitrogen and oxygen atoms in total. The van der Waals surface area contributed by atoms with Crippen molar-refractivity contribution in [1.29, 1.82) is 0 Å². The van der Waals surface area contributed by atoms with Crippen LogP contribution in [0.4, 0.5) is 10.1 Å². The smallest absolute Gasteiger partial charge is 0.265 e. The van der Waals surface area contributed by atoms with Crippen molar-refractivity contribution >= 4 is 23.3 Å². The van der Waals surface area contributed by atoms with Gasteiger partial charge >= 0.3 is 0 Å². The molecular weight excluding hydrogens is 453 g/mol. The Hall–Kier alpha value is -3.46. The lowest BCUT2D eigenvalue weighted by molar-refractivity contribution is -0.127. The highest BCUT2D eigenvalue weighted by atomic mass is 19.1. The number of halogens is 1. The molecule has 2 amide bonds. The minimum Gasteiger partial charge on any atom is -0.482 e. The molecule has 35 heavy (non-hydrogen) atoms. The zero-order valence-electron chi connectivity index (χ0n) is 20.6. The average molecular weight is 486 g/mol. The molecule has 1 aliphatic heterocycles. The summed E-state index contributed by atoms with van der Waals surface area (Å²) in [5, 5.41) is 2.88. The molecule has 1 N–H and O–H groups in total. The highest BCUT2D eigenvalue weighted by Crippen LogP contribution is 2.34. The highest BCUT2D eigenvalue weighted by Gasteiger charge is 2.33. The summed E-state index contributed by atoms with van der Waals surface area (Å²) >= 11 is 0. The molecule has 2 aromatic carbocycles. The number of aryl methyl sites for hydroxylation is 1. The number of ether oxygens (including phenoxy) is 2. The fourth-order valence-corrected chi connectivity index (χ4v) is 3.86. The van der Waals surface area contributed by atoms with E-state index in [0.717, 1.165) is 18.7 Å². The summed E-state index contributed by atoms with van der Waals surface area (Å²) in [6.07, 6.45) is 0. The quantitative estimate of drug-likeness (QED) is 0.493. The first-order valence-corrected chi connectivity index (χ1v) is 11.8. The number of hydrogen-bond acceptors (Lipinski definition) is 6. The second-order valence-electron chi connectivity index (χ2n) is 8.37. The van der Waals surface area contributed by atoms with Gasteiger partial charge in [-0.25, -0.2) is 4.39 Å². The number of amides is 2. The Balaban J connectivity index is 1.73. The van der Waals surface area contributed by atoms with Crippen molar-refractivity contribution in [1.82, 2.24) is 10.2 Å². The summed E-state index contributed by atoms with van der Waals surface area (Å²) in [6.45, 7) is 9.89. The molecule has 0 bridgehead atoms. The first kappa shape index (κ1) is 26.2. The van der Waals surface area contributed by atoms with Crippen LogP contribution in [0.1, 0.15) is 36.7 Å². The van der Waals surface area contributed by atoms with Gasteiger partial charge in [0.1, 0.15) is 11.8 Å². The van der Waals surface area contributed by atoms with E-state index in [2.05, 4.69) is 24.1 Å². The zero-order valence-corrected chi connectivity index (χ0v) is 20.6. The summed E-state index contributed by atoms with van der Waals surface area (Å²) in [5.74, 6) is -1.25. The topological polar surface area (TPSA) is 88.2 Å². The number of likely N-dealkylation sites (N-methyl/N-ethyl adjacent to an activating group) is 1. The summed E-state index contributed by atoms with van der Waals surface area (Å²) in [5.41, 5.74) is 1.40. The average Bonchev–Trinajstić information content (AvgIpc) is 2.86. The van der Waals surface area contributed by atoms with E-state index < -0.39 is 17.6 Å². The molecule has 0 aliphatic carbocycles. The normalized spacial score (nSPS) is 13.8. The van der Waals surface area contributed by atoms with Gasteiger partial charge in [-0.15, -0.1) is 0 Å². The SMILES string of the molecule is CCN(CC)CCNC(=O)[C@@H](C)N1C(=O)COc2ccc(C(=O)COc3cc(C)ccc3F)cc21. The molecule has 0 spiro atoms. The van der Waals surface area contributed by atoms with Crippen molar-refractivity contribution < 1.29 is 28.2 Å². The van der Waals surface area contributed by atoms with E-state index in [-0.39, 0.29) is 36.3 Å². The van der Waals surface area contributed by atoms with Crippen molar-refractivity contribution in [2.45, 2.75) is 33.7 Å². The van der Waals surface area contributed by atoms with Gasteiger partial charge in [-0.1, -0.05) is 19.9 Å². The summed E-state index contributed by atoms with van der Waals surface area (Å²) in [6, 6.07) is 8.25. The first-order chi connectivity index (χ1) is 16.7. The maximum atomic E-state index is 13.9. The fourth-order valence-electron chi connectivity index (χ4n) is 3.86. The lowest BCUT2D eigenvalue weighted by Gasteiger charge is -2.33. The van der Waals surface area contributed by atoms with E-state index in [1.165, 1.54) is 23.1 Å². The first-order valence-electron chi connectivity index (χ1n) is 11.8. The second-order valence-corrected chi connectivity index (χ2v) is 8.37. The van der Waals surface area contributed by atoms with Gasteiger partial charge in [0.25, 0.3) is 5.91 Å². The molecule has 2 aromatic rings. The number of rotatable bonds is 11. The van der Waals surface area contributed by atoms with E-state index in [9.17, 15) is 18.8 Å². The molecule has 1 atom stereocenters. The van der Waals surface area contributed by atoms with E-state index in [0.29, 0.717) is 24.5 Å². The number of carbonyl (C=O) groups is 3. The van der Waals surface area contributed by atoms with E-state index >= 15 is 0 Å². The van der Waals surface area contributed by atoms with Gasteiger partial charge in [0.2, 0.25) is 5.91 Å². The number of nitrogens with zero attached hydrogens (tertiary/aromatic N) is 2. The Morgan fingerprint density at radius 2 is 1.94 bits per heavy atom. The van der Waals surface area contributed by atoms with Gasteiger partial charge in [-0.05, 0) is 62.8 Å². The number of ketones is 1. The molecule has 0 aromatic heterocycles. The van der Waals surface area contributed by atoms with E-state index in [1.807, 2.05) is 0 Å². The predicted molar refractivity (Wildman–Crippen MR) is 131 cm³/mol. The summed E-state index contributed by atoms with van der Waals surface area (Å²) in [7, 11) is 0. The number of carbonyl (C=O) groups excluding carboxylic acids is 3. The molecule has 1 heterocycles. The number of anilines is 1. The molecule has 0 radical (unpaired) electrons. The number of hydrogen-bond donors (Lipinski definition) is 1. The maximum Gasteiger partial charge on any atom is 0.265 e. The van der Waals surface area contributed by atoms with Crippen molar-refractivity contribution in [2.75, 3.05) is 44.3 Å². The predicted octanol–water partition coefficient (Wildman–Crippen LogP) is 2.97. The lowest BCUT2D eigenvalue weighted by atomic mass is 10.1. The number of benzene rings is 2. The summed E-state index contributed by atoms with van der Waals surface area (Å²) < 4.78 is 24.8. The summed E-state index contributed by atoms with van der Waals surface area (Å²) in [4.78, 5) is 41.8. The van der Waals surface area contributed by atoms with E-state index in [4.69, 9.17) is 9.47 Å². The van der Waals surface area contributed by atoms with Gasteiger partial charge in [-0.3, -0.25) is 19.3 Å². The molecule has 0 saturated carbocycles. The molecule has 188 valence electrons. The number of Topliss-reactive ketones (excluding diaryl/α,β-unsaturated/α-hetero) is 1. The van der Waals surface area contributed by atoms with Crippen LogP contribution in [0.3, 0.4) is 0 Å². The maximum absolute atomic E-state index is 13.9. The van der Waals surface area contributed by atoms with Crippen LogP contribution in [0.25, 0.3) is 0 Å². The van der Waals surface area contributed by atoms with Gasteiger partial charge in [0, 0.05) is 18.7 Å². The Labute approximate surface area is 205 Å². The van der Waals surface area contributed by atoms with Crippen LogP contribution >= 0.6 is 0 Å². The molecule has 0 fully saturated rings. The molecule has 3 rings (SSSR count). The van der Waals surface area contributed by atoms with Crippen molar-refractivity contribution in [2.24, 2.45) is 0 Å². The van der Waals surface area contributed by atoms with Crippen molar-refractivity contribution in [3.63, 3.8) is 0 Å². The third kappa shape index (κ3) is 6.36. The van der Waals surface area contributed by atoms with Crippen LogP contribution in [-0.4, -0.2) is 67.9 Å². The second kappa shape index (κ2) is 11.8. The van der Waals surface area contributed by atoms with E-state index in [1.54, 1.807) is 32.0 Å². The van der Waals surface area contributed by atoms with Gasteiger partial charge in [-0.2, -0.15) is 0 Å². The zero-order chi connectivity index (χ0) is 25.5. The molecular formula is C26H32FN3O5. The van der Waals surface area contributed by atoms with Gasteiger partial charge in [0.15, 0.2) is 30.6 Å².